The summed E-state index contributed by atoms with van der Waals surface area (Å²) in [4.78, 5) is 24.0. The van der Waals surface area contributed by atoms with Crippen molar-refractivity contribution in [3.63, 3.8) is 0 Å². The molecule has 1 rings (SSSR count). The zero-order valence-corrected chi connectivity index (χ0v) is 12.6. The summed E-state index contributed by atoms with van der Waals surface area (Å²) in [6.07, 6.45) is -0.357. The normalized spacial score (nSPS) is 26.1. The molecule has 0 saturated heterocycles. The molecule has 9 nitrogen and oxygen atoms in total. The van der Waals surface area contributed by atoms with E-state index in [4.69, 9.17) is 20.7 Å². The fraction of sp³-hybridized carbons (Fsp3) is 0.692. The predicted molar refractivity (Wildman–Crippen MR) is 76.8 cm³/mol. The van der Waals surface area contributed by atoms with E-state index < -0.39 is 30.3 Å². The van der Waals surface area contributed by atoms with Gasteiger partial charge in [0.05, 0.1) is 24.8 Å². The van der Waals surface area contributed by atoms with Crippen LogP contribution in [0.15, 0.2) is 11.8 Å². The van der Waals surface area contributed by atoms with E-state index in [0.29, 0.717) is 0 Å². The van der Waals surface area contributed by atoms with Crippen LogP contribution in [0.2, 0.25) is 0 Å². The molecule has 0 aromatic heterocycles. The Bertz CT molecular complexity index is 441. The monoisotopic (exact) mass is 317 g/mol. The van der Waals surface area contributed by atoms with Crippen LogP contribution < -0.4 is 11.1 Å². The SMILES string of the molecule is CC(=O)N[C@H]1[C@H](CN(C)CC(O)CO)OC(C(=O)O)=C[C@@H]1N. The van der Waals surface area contributed by atoms with Crippen molar-refractivity contribution in [2.24, 2.45) is 5.73 Å². The molecule has 6 N–H and O–H groups in total. The fourth-order valence-electron chi connectivity index (χ4n) is 2.30. The molecule has 0 radical (unpaired) electrons. The number of likely N-dealkylation sites (N-methyl/N-ethyl adjacent to an activating group) is 1. The summed E-state index contributed by atoms with van der Waals surface area (Å²) >= 11 is 0. The molecule has 0 bridgehead atoms. The quantitative estimate of drug-likeness (QED) is 0.345. The zero-order chi connectivity index (χ0) is 16.9. The van der Waals surface area contributed by atoms with Crippen LogP contribution in [-0.4, -0.2) is 83.1 Å². The van der Waals surface area contributed by atoms with E-state index in [0.717, 1.165) is 0 Å². The number of amides is 1. The average Bonchev–Trinajstić information content (AvgIpc) is 2.41. The van der Waals surface area contributed by atoms with Crippen LogP contribution in [0.25, 0.3) is 0 Å². The van der Waals surface area contributed by atoms with E-state index in [1.807, 2.05) is 0 Å². The Hall–Kier alpha value is -1.68. The van der Waals surface area contributed by atoms with Gasteiger partial charge in [-0.1, -0.05) is 0 Å². The summed E-state index contributed by atoms with van der Waals surface area (Å²) in [6, 6.07) is -1.29. The van der Waals surface area contributed by atoms with E-state index in [-0.39, 0.29) is 31.4 Å². The van der Waals surface area contributed by atoms with Gasteiger partial charge in [-0.15, -0.1) is 0 Å². The number of nitrogens with zero attached hydrogens (tertiary/aromatic N) is 1. The van der Waals surface area contributed by atoms with Crippen molar-refractivity contribution in [2.45, 2.75) is 31.2 Å². The number of carboxylic acids is 1. The van der Waals surface area contributed by atoms with Crippen LogP contribution in [0.1, 0.15) is 6.92 Å². The van der Waals surface area contributed by atoms with Crippen molar-refractivity contribution in [2.75, 3.05) is 26.7 Å². The molecule has 4 atom stereocenters. The number of carbonyl (C=O) groups is 2. The summed E-state index contributed by atoms with van der Waals surface area (Å²) in [5.41, 5.74) is 5.91. The standard InChI is InChI=1S/C13H23N3O6/c1-7(18)15-12-9(14)3-10(13(20)21)22-11(12)5-16(2)4-8(19)6-17/h3,8-9,11-12,17,19H,4-6,14H2,1-2H3,(H,15,18)(H,20,21)/t8?,9-,11-,12+/m0/s1. The number of rotatable bonds is 7. The van der Waals surface area contributed by atoms with Crippen LogP contribution in [0.4, 0.5) is 0 Å². The second kappa shape index (κ2) is 8.08. The molecule has 126 valence electrons. The third-order valence-corrected chi connectivity index (χ3v) is 3.24. The van der Waals surface area contributed by atoms with Gasteiger partial charge in [-0.25, -0.2) is 4.79 Å². The lowest BCUT2D eigenvalue weighted by molar-refractivity contribution is -0.139. The molecule has 0 aromatic carbocycles. The first-order chi connectivity index (χ1) is 10.2. The average molecular weight is 317 g/mol. The Morgan fingerprint density at radius 2 is 2.18 bits per heavy atom. The molecule has 0 aliphatic carbocycles. The maximum absolute atomic E-state index is 11.3. The van der Waals surface area contributed by atoms with E-state index in [2.05, 4.69) is 5.32 Å². The number of carbonyl (C=O) groups excluding carboxylic acids is 1. The molecule has 0 aromatic rings. The van der Waals surface area contributed by atoms with Crippen LogP contribution in [0.5, 0.6) is 0 Å². The molecule has 1 heterocycles. The van der Waals surface area contributed by atoms with Gasteiger partial charge in [0.2, 0.25) is 11.7 Å². The van der Waals surface area contributed by atoms with Gasteiger partial charge in [0.1, 0.15) is 6.10 Å². The lowest BCUT2D eigenvalue weighted by atomic mass is 9.98. The largest absolute Gasteiger partial charge is 0.480 e. The van der Waals surface area contributed by atoms with Gasteiger partial charge in [-0.2, -0.15) is 0 Å². The van der Waals surface area contributed by atoms with Gasteiger partial charge in [0.15, 0.2) is 0 Å². The van der Waals surface area contributed by atoms with Crippen molar-refractivity contribution in [3.8, 4) is 0 Å². The lowest BCUT2D eigenvalue weighted by Crippen LogP contribution is -2.59. The Kier molecular flexibility index (Phi) is 6.75. The first kappa shape index (κ1) is 18.4. The van der Waals surface area contributed by atoms with Crippen molar-refractivity contribution in [3.05, 3.63) is 11.8 Å². The first-order valence-corrected chi connectivity index (χ1v) is 6.86. The number of ether oxygens (including phenoxy) is 1. The lowest BCUT2D eigenvalue weighted by Gasteiger charge is -2.37. The number of aliphatic hydroxyl groups excluding tert-OH is 2. The number of carboxylic acid groups (broad SMARTS) is 1. The number of nitrogens with two attached hydrogens (primary N) is 1. The zero-order valence-electron chi connectivity index (χ0n) is 12.6. The summed E-state index contributed by atoms with van der Waals surface area (Å²) in [5.74, 6) is -1.81. The minimum absolute atomic E-state index is 0.171. The second-order valence-electron chi connectivity index (χ2n) is 5.35. The molecule has 0 fully saturated rings. The maximum Gasteiger partial charge on any atom is 0.370 e. The molecule has 0 spiro atoms. The van der Waals surface area contributed by atoms with E-state index in [9.17, 15) is 14.7 Å². The summed E-state index contributed by atoms with van der Waals surface area (Å²) < 4.78 is 5.40. The van der Waals surface area contributed by atoms with Crippen LogP contribution in [-0.2, 0) is 14.3 Å². The molecule has 1 aliphatic heterocycles. The Morgan fingerprint density at radius 1 is 1.55 bits per heavy atom. The van der Waals surface area contributed by atoms with Crippen LogP contribution in [0.3, 0.4) is 0 Å². The Morgan fingerprint density at radius 3 is 2.68 bits per heavy atom. The number of nitrogens with one attached hydrogen (secondary N) is 1. The molecule has 9 heteroatoms. The van der Waals surface area contributed by atoms with Crippen molar-refractivity contribution in [1.29, 1.82) is 0 Å². The molecule has 22 heavy (non-hydrogen) atoms. The Balaban J connectivity index is 2.83. The Labute approximate surface area is 128 Å². The molecule has 1 amide bonds. The highest BCUT2D eigenvalue weighted by Crippen LogP contribution is 2.18. The molecule has 0 saturated carbocycles. The highest BCUT2D eigenvalue weighted by atomic mass is 16.5. The van der Waals surface area contributed by atoms with Crippen molar-refractivity contribution >= 4 is 11.9 Å². The highest BCUT2D eigenvalue weighted by Gasteiger charge is 2.36. The molecule has 1 unspecified atom stereocenters. The number of hydrogen-bond acceptors (Lipinski definition) is 7. The third kappa shape index (κ3) is 5.26. The molecule has 1 aliphatic rings. The maximum atomic E-state index is 11.3. The third-order valence-electron chi connectivity index (χ3n) is 3.24. The predicted octanol–water partition coefficient (Wildman–Crippen LogP) is -2.53. The highest BCUT2D eigenvalue weighted by molar-refractivity contribution is 5.84. The fourth-order valence-corrected chi connectivity index (χ4v) is 2.30. The van der Waals surface area contributed by atoms with Gasteiger partial charge >= 0.3 is 5.97 Å². The van der Waals surface area contributed by atoms with Gasteiger partial charge in [0.25, 0.3) is 0 Å². The molecular weight excluding hydrogens is 294 g/mol. The topological polar surface area (TPSA) is 145 Å². The summed E-state index contributed by atoms with van der Waals surface area (Å²) in [6.45, 7) is 1.34. The van der Waals surface area contributed by atoms with Gasteiger partial charge < -0.3 is 31.1 Å². The van der Waals surface area contributed by atoms with Crippen LogP contribution in [0, 0.1) is 0 Å². The van der Waals surface area contributed by atoms with Crippen LogP contribution >= 0.6 is 0 Å². The second-order valence-corrected chi connectivity index (χ2v) is 5.35. The summed E-state index contributed by atoms with van der Waals surface area (Å²) in [5, 5.41) is 30.0. The smallest absolute Gasteiger partial charge is 0.370 e. The summed E-state index contributed by atoms with van der Waals surface area (Å²) in [7, 11) is 1.68. The van der Waals surface area contributed by atoms with Crippen molar-refractivity contribution in [1.82, 2.24) is 10.2 Å². The number of aliphatic hydroxyl groups is 2. The number of aliphatic carboxylic acids is 1. The van der Waals surface area contributed by atoms with Crippen molar-refractivity contribution < 1.29 is 29.6 Å². The minimum Gasteiger partial charge on any atom is -0.480 e. The molecular formula is C13H23N3O6. The minimum atomic E-state index is -1.24. The van der Waals surface area contributed by atoms with Gasteiger partial charge in [0, 0.05) is 20.0 Å². The van der Waals surface area contributed by atoms with Gasteiger partial charge in [-0.3, -0.25) is 9.69 Å². The van der Waals surface area contributed by atoms with E-state index in [1.165, 1.54) is 13.0 Å². The van der Waals surface area contributed by atoms with E-state index in [1.54, 1.807) is 11.9 Å². The van der Waals surface area contributed by atoms with Gasteiger partial charge in [-0.05, 0) is 13.1 Å². The van der Waals surface area contributed by atoms with E-state index >= 15 is 0 Å². The first-order valence-electron chi connectivity index (χ1n) is 6.86. The number of hydrogen-bond donors (Lipinski definition) is 5.